The van der Waals surface area contributed by atoms with Crippen molar-refractivity contribution < 1.29 is 18.7 Å². The van der Waals surface area contributed by atoms with Gasteiger partial charge in [-0.2, -0.15) is 0 Å². The Balaban J connectivity index is 1.69. The van der Waals surface area contributed by atoms with Gasteiger partial charge in [0.1, 0.15) is 17.3 Å². The van der Waals surface area contributed by atoms with Crippen molar-refractivity contribution in [3.8, 4) is 22.6 Å². The fourth-order valence-corrected chi connectivity index (χ4v) is 3.33. The second-order valence-corrected chi connectivity index (χ2v) is 6.56. The van der Waals surface area contributed by atoms with Gasteiger partial charge in [0.15, 0.2) is 0 Å². The second-order valence-electron chi connectivity index (χ2n) is 6.56. The van der Waals surface area contributed by atoms with E-state index >= 15 is 0 Å². The van der Waals surface area contributed by atoms with Gasteiger partial charge in [0.2, 0.25) is 6.86 Å². The Hall–Kier alpha value is -2.36. The molecule has 1 fully saturated rings. The molecule has 0 radical (unpaired) electrons. The van der Waals surface area contributed by atoms with E-state index in [0.717, 1.165) is 36.1 Å². The van der Waals surface area contributed by atoms with Crippen LogP contribution < -0.4 is 9.47 Å². The van der Waals surface area contributed by atoms with E-state index in [9.17, 15) is 9.18 Å². The number of benzene rings is 2. The van der Waals surface area contributed by atoms with Gasteiger partial charge < -0.3 is 9.47 Å². The van der Waals surface area contributed by atoms with Gasteiger partial charge in [-0.25, -0.2) is 4.39 Å². The largest absolute Gasteiger partial charge is 0.496 e. The Morgan fingerprint density at radius 2 is 1.96 bits per heavy atom. The molecule has 0 aliphatic heterocycles. The zero-order valence-corrected chi connectivity index (χ0v) is 14.6. The summed E-state index contributed by atoms with van der Waals surface area (Å²) in [7, 11) is 1.62. The van der Waals surface area contributed by atoms with Crippen molar-refractivity contribution in [2.45, 2.75) is 26.2 Å². The SMILES string of the molecule is COc1ccc(OCF)cc1-c1ccc(CCC2CC2C(C)=O)cc1. The van der Waals surface area contributed by atoms with Crippen LogP contribution in [0.25, 0.3) is 11.1 Å². The van der Waals surface area contributed by atoms with Crippen LogP contribution in [0.5, 0.6) is 11.5 Å². The zero-order valence-electron chi connectivity index (χ0n) is 14.6. The van der Waals surface area contributed by atoms with E-state index in [2.05, 4.69) is 12.1 Å². The quantitative estimate of drug-likeness (QED) is 0.689. The van der Waals surface area contributed by atoms with Crippen LogP contribution in [0.3, 0.4) is 0 Å². The molecule has 0 amide bonds. The molecule has 1 aliphatic carbocycles. The van der Waals surface area contributed by atoms with E-state index in [0.29, 0.717) is 23.4 Å². The fraction of sp³-hybridized carbons (Fsp3) is 0.381. The maximum atomic E-state index is 12.4. The Morgan fingerprint density at radius 3 is 2.56 bits per heavy atom. The standard InChI is InChI=1S/C21H23FO3/c1-14(23)19-11-17(19)8-5-15-3-6-16(7-4-15)20-12-18(25-13-22)9-10-21(20)24-2/h3-4,6-7,9-10,12,17,19H,5,8,11,13H2,1-2H3. The first-order chi connectivity index (χ1) is 12.1. The lowest BCUT2D eigenvalue weighted by Crippen LogP contribution is -1.96. The normalized spacial score (nSPS) is 18.7. The van der Waals surface area contributed by atoms with E-state index in [-0.39, 0.29) is 0 Å². The Labute approximate surface area is 147 Å². The Bertz CT molecular complexity index is 739. The summed E-state index contributed by atoms with van der Waals surface area (Å²) in [6, 6.07) is 13.5. The van der Waals surface area contributed by atoms with Gasteiger partial charge in [-0.1, -0.05) is 24.3 Å². The average Bonchev–Trinajstić information content (AvgIpc) is 3.41. The van der Waals surface area contributed by atoms with E-state index in [1.807, 2.05) is 12.1 Å². The highest BCUT2D eigenvalue weighted by Crippen LogP contribution is 2.42. The topological polar surface area (TPSA) is 35.5 Å². The van der Waals surface area contributed by atoms with Crippen LogP contribution in [0.15, 0.2) is 42.5 Å². The molecule has 25 heavy (non-hydrogen) atoms. The molecule has 0 aromatic heterocycles. The molecule has 2 aromatic carbocycles. The van der Waals surface area contributed by atoms with Crippen molar-refractivity contribution in [3.63, 3.8) is 0 Å². The number of hydrogen-bond acceptors (Lipinski definition) is 3. The van der Waals surface area contributed by atoms with Crippen molar-refractivity contribution in [2.24, 2.45) is 11.8 Å². The van der Waals surface area contributed by atoms with Crippen LogP contribution in [0.4, 0.5) is 4.39 Å². The monoisotopic (exact) mass is 342 g/mol. The number of ether oxygens (including phenoxy) is 2. The number of rotatable bonds is 8. The maximum Gasteiger partial charge on any atom is 0.228 e. The molecule has 3 rings (SSSR count). The van der Waals surface area contributed by atoms with Crippen molar-refractivity contribution in [2.75, 3.05) is 14.0 Å². The molecule has 2 unspecified atom stereocenters. The molecule has 0 spiro atoms. The van der Waals surface area contributed by atoms with Crippen LogP contribution in [0, 0.1) is 11.8 Å². The molecule has 3 nitrogen and oxygen atoms in total. The van der Waals surface area contributed by atoms with Gasteiger partial charge in [-0.15, -0.1) is 0 Å². The van der Waals surface area contributed by atoms with Gasteiger partial charge in [-0.05, 0) is 61.4 Å². The molecule has 4 heteroatoms. The number of aryl methyl sites for hydroxylation is 1. The summed E-state index contributed by atoms with van der Waals surface area (Å²) in [6.07, 6.45) is 3.09. The van der Waals surface area contributed by atoms with Gasteiger partial charge in [-0.3, -0.25) is 4.79 Å². The maximum absolute atomic E-state index is 12.4. The minimum atomic E-state index is -0.854. The van der Waals surface area contributed by atoms with Gasteiger partial charge in [0.05, 0.1) is 7.11 Å². The highest BCUT2D eigenvalue weighted by molar-refractivity contribution is 5.81. The molecular formula is C21H23FO3. The summed E-state index contributed by atoms with van der Waals surface area (Å²) in [5.41, 5.74) is 3.13. The molecule has 2 atom stereocenters. The Morgan fingerprint density at radius 1 is 1.20 bits per heavy atom. The number of methoxy groups -OCH3 is 1. The third-order valence-electron chi connectivity index (χ3n) is 4.91. The summed E-state index contributed by atoms with van der Waals surface area (Å²) in [5.74, 6) is 2.38. The number of hydrogen-bond donors (Lipinski definition) is 0. The predicted octanol–water partition coefficient (Wildman–Crippen LogP) is 4.83. The number of alkyl halides is 1. The summed E-state index contributed by atoms with van der Waals surface area (Å²) < 4.78 is 22.8. The summed E-state index contributed by atoms with van der Waals surface area (Å²) in [4.78, 5) is 11.3. The third kappa shape index (κ3) is 4.19. The number of ketones is 1. The van der Waals surface area contributed by atoms with Crippen molar-refractivity contribution in [3.05, 3.63) is 48.0 Å². The van der Waals surface area contributed by atoms with Crippen LogP contribution in [-0.2, 0) is 11.2 Å². The molecule has 2 aromatic rings. The van der Waals surface area contributed by atoms with Crippen LogP contribution in [0.2, 0.25) is 0 Å². The molecule has 132 valence electrons. The number of carbonyl (C=O) groups is 1. The first-order valence-corrected chi connectivity index (χ1v) is 8.59. The molecule has 1 aliphatic rings. The van der Waals surface area contributed by atoms with Crippen molar-refractivity contribution in [1.82, 2.24) is 0 Å². The summed E-state index contributed by atoms with van der Waals surface area (Å²) in [6.45, 7) is 0.834. The molecule has 1 saturated carbocycles. The fourth-order valence-electron chi connectivity index (χ4n) is 3.33. The lowest BCUT2D eigenvalue weighted by molar-refractivity contribution is -0.118. The smallest absolute Gasteiger partial charge is 0.228 e. The van der Waals surface area contributed by atoms with E-state index in [4.69, 9.17) is 9.47 Å². The minimum absolute atomic E-state index is 0.293. The molecule has 0 bridgehead atoms. The van der Waals surface area contributed by atoms with Gasteiger partial charge in [0, 0.05) is 11.5 Å². The molecular weight excluding hydrogens is 319 g/mol. The summed E-state index contributed by atoms with van der Waals surface area (Å²) in [5, 5.41) is 0. The minimum Gasteiger partial charge on any atom is -0.496 e. The zero-order chi connectivity index (χ0) is 17.8. The first-order valence-electron chi connectivity index (χ1n) is 8.59. The van der Waals surface area contributed by atoms with Crippen molar-refractivity contribution in [1.29, 1.82) is 0 Å². The lowest BCUT2D eigenvalue weighted by Gasteiger charge is -2.11. The molecule has 0 heterocycles. The predicted molar refractivity (Wildman–Crippen MR) is 95.6 cm³/mol. The number of carbonyl (C=O) groups excluding carboxylic acids is 1. The van der Waals surface area contributed by atoms with Gasteiger partial charge in [0.25, 0.3) is 0 Å². The molecule has 0 N–H and O–H groups in total. The Kier molecular flexibility index (Phi) is 5.37. The van der Waals surface area contributed by atoms with E-state index in [1.54, 1.807) is 32.2 Å². The van der Waals surface area contributed by atoms with Crippen LogP contribution in [-0.4, -0.2) is 19.8 Å². The average molecular weight is 342 g/mol. The van der Waals surface area contributed by atoms with E-state index < -0.39 is 6.86 Å². The number of Topliss-reactive ketones (excluding diaryl/α,β-unsaturated/α-hetero) is 1. The number of halogens is 1. The molecule has 0 saturated heterocycles. The lowest BCUT2D eigenvalue weighted by atomic mass is 10.00. The third-order valence-corrected chi connectivity index (χ3v) is 4.91. The van der Waals surface area contributed by atoms with Crippen molar-refractivity contribution >= 4 is 5.78 Å². The summed E-state index contributed by atoms with van der Waals surface area (Å²) >= 11 is 0. The first kappa shape index (κ1) is 17.5. The highest BCUT2D eigenvalue weighted by Gasteiger charge is 2.39. The second kappa shape index (κ2) is 7.68. The van der Waals surface area contributed by atoms with Crippen LogP contribution >= 0.6 is 0 Å². The van der Waals surface area contributed by atoms with E-state index in [1.165, 1.54) is 5.56 Å². The van der Waals surface area contributed by atoms with Gasteiger partial charge >= 0.3 is 0 Å². The van der Waals surface area contributed by atoms with Crippen LogP contribution in [0.1, 0.15) is 25.3 Å². The highest BCUT2D eigenvalue weighted by atomic mass is 19.1.